The van der Waals surface area contributed by atoms with E-state index in [0.717, 1.165) is 6.07 Å². The first kappa shape index (κ1) is 22.1. The van der Waals surface area contributed by atoms with Crippen LogP contribution in [0.2, 0.25) is 0 Å². The lowest BCUT2D eigenvalue weighted by atomic mass is 10.1. The predicted molar refractivity (Wildman–Crippen MR) is 97.7 cm³/mol. The van der Waals surface area contributed by atoms with Crippen LogP contribution < -0.4 is 5.32 Å². The van der Waals surface area contributed by atoms with Gasteiger partial charge in [0, 0.05) is 13.6 Å². The average Bonchev–Trinajstić information content (AvgIpc) is 3.27. The number of alkyl halides is 3. The van der Waals surface area contributed by atoms with Crippen molar-refractivity contribution in [1.82, 2.24) is 30.1 Å². The summed E-state index contributed by atoms with van der Waals surface area (Å²) in [5.74, 6) is -0.760. The second kappa shape index (κ2) is 9.07. The van der Waals surface area contributed by atoms with Gasteiger partial charge in [-0.15, -0.1) is 6.58 Å². The van der Waals surface area contributed by atoms with Crippen LogP contribution in [0.15, 0.2) is 24.8 Å². The third kappa shape index (κ3) is 5.14. The summed E-state index contributed by atoms with van der Waals surface area (Å²) in [5.41, 5.74) is -1.55. The molecule has 1 aliphatic heterocycles. The normalized spacial score (nSPS) is 16.3. The zero-order chi connectivity index (χ0) is 22.6. The Labute approximate surface area is 173 Å². The van der Waals surface area contributed by atoms with Crippen LogP contribution in [-0.2, 0) is 29.3 Å². The highest BCUT2D eigenvalue weighted by Crippen LogP contribution is 2.28. The monoisotopic (exact) mass is 441 g/mol. The average molecular weight is 441 g/mol. The zero-order valence-corrected chi connectivity index (χ0v) is 16.3. The Balaban J connectivity index is 1.76. The predicted octanol–water partition coefficient (Wildman–Crippen LogP) is 1.40. The number of nitrogens with one attached hydrogen (secondary N) is 1. The lowest BCUT2D eigenvalue weighted by Crippen LogP contribution is -2.37. The van der Waals surface area contributed by atoms with Crippen molar-refractivity contribution in [2.75, 3.05) is 25.1 Å². The lowest BCUT2D eigenvalue weighted by molar-refractivity contribution is -0.141. The molecule has 11 nitrogen and oxygen atoms in total. The van der Waals surface area contributed by atoms with E-state index in [1.807, 2.05) is 0 Å². The molecule has 0 aromatic carbocycles. The molecule has 3 heterocycles. The number of rotatable bonds is 8. The molecule has 14 heteroatoms. The number of pyridine rings is 1. The van der Waals surface area contributed by atoms with Gasteiger partial charge in [0.15, 0.2) is 0 Å². The summed E-state index contributed by atoms with van der Waals surface area (Å²) in [6.45, 7) is 3.41. The van der Waals surface area contributed by atoms with Crippen LogP contribution in [0.4, 0.5) is 23.9 Å². The minimum absolute atomic E-state index is 0.00144. The van der Waals surface area contributed by atoms with Crippen LogP contribution in [0.1, 0.15) is 21.7 Å². The Hall–Kier alpha value is -3.55. The maximum absolute atomic E-state index is 13.1. The summed E-state index contributed by atoms with van der Waals surface area (Å²) in [6, 6.07) is 1.25. The standard InChI is InChI=1S/C17H18F3N7O4/c1-3-6-27-10(8-31-16(27)29)7-30-9-12-11(4-5-13(21-12)17(18,19)20)14(28)22-15-23-24-25-26(15)2/h3-5,10H,1,6-9H2,2H3,(H,22,23,25,28). The first-order chi connectivity index (χ1) is 14.7. The number of tetrazole rings is 1. The van der Waals surface area contributed by atoms with E-state index in [1.54, 1.807) is 0 Å². The first-order valence-corrected chi connectivity index (χ1v) is 8.93. The van der Waals surface area contributed by atoms with Crippen molar-refractivity contribution >= 4 is 17.9 Å². The summed E-state index contributed by atoms with van der Waals surface area (Å²) in [4.78, 5) is 29.2. The summed E-state index contributed by atoms with van der Waals surface area (Å²) < 4.78 is 50.9. The highest BCUT2D eigenvalue weighted by atomic mass is 19.4. The van der Waals surface area contributed by atoms with Gasteiger partial charge < -0.3 is 9.47 Å². The third-order valence-corrected chi connectivity index (χ3v) is 4.30. The van der Waals surface area contributed by atoms with Crippen LogP contribution >= 0.6 is 0 Å². The van der Waals surface area contributed by atoms with E-state index in [1.165, 1.54) is 22.7 Å². The number of amides is 2. The maximum atomic E-state index is 13.1. The Kier molecular flexibility index (Phi) is 6.48. The molecule has 1 saturated heterocycles. The number of hydrogen-bond donors (Lipinski definition) is 1. The van der Waals surface area contributed by atoms with Gasteiger partial charge in [-0.05, 0) is 22.6 Å². The van der Waals surface area contributed by atoms with Gasteiger partial charge in [0.2, 0.25) is 5.95 Å². The Bertz CT molecular complexity index is 979. The number of aryl methyl sites for hydroxylation is 1. The Morgan fingerprint density at radius 3 is 2.87 bits per heavy atom. The third-order valence-electron chi connectivity index (χ3n) is 4.30. The molecule has 0 bridgehead atoms. The van der Waals surface area contributed by atoms with E-state index in [4.69, 9.17) is 9.47 Å². The molecule has 0 radical (unpaired) electrons. The first-order valence-electron chi connectivity index (χ1n) is 8.93. The van der Waals surface area contributed by atoms with Crippen molar-refractivity contribution in [3.63, 3.8) is 0 Å². The van der Waals surface area contributed by atoms with Gasteiger partial charge in [-0.2, -0.15) is 13.2 Å². The van der Waals surface area contributed by atoms with Gasteiger partial charge in [-0.3, -0.25) is 15.0 Å². The zero-order valence-electron chi connectivity index (χ0n) is 16.3. The summed E-state index contributed by atoms with van der Waals surface area (Å²) in [7, 11) is 1.48. The summed E-state index contributed by atoms with van der Waals surface area (Å²) in [6.07, 6.45) is -3.73. The van der Waals surface area contributed by atoms with E-state index in [0.29, 0.717) is 6.07 Å². The molecule has 1 N–H and O–H groups in total. The molecule has 1 aliphatic rings. The van der Waals surface area contributed by atoms with Crippen molar-refractivity contribution < 1.29 is 32.2 Å². The minimum Gasteiger partial charge on any atom is -0.447 e. The number of aromatic nitrogens is 5. The van der Waals surface area contributed by atoms with Crippen molar-refractivity contribution in [2.45, 2.75) is 18.8 Å². The van der Waals surface area contributed by atoms with Gasteiger partial charge in [0.25, 0.3) is 5.91 Å². The smallest absolute Gasteiger partial charge is 0.433 e. The highest BCUT2D eigenvalue weighted by Gasteiger charge is 2.34. The molecule has 3 rings (SSSR count). The Morgan fingerprint density at radius 2 is 2.23 bits per heavy atom. The Morgan fingerprint density at radius 1 is 1.45 bits per heavy atom. The van der Waals surface area contributed by atoms with Gasteiger partial charge in [0.1, 0.15) is 12.3 Å². The second-order valence-corrected chi connectivity index (χ2v) is 6.46. The highest BCUT2D eigenvalue weighted by molar-refractivity contribution is 6.04. The summed E-state index contributed by atoms with van der Waals surface area (Å²) in [5, 5.41) is 12.9. The number of anilines is 1. The molecule has 0 aliphatic carbocycles. The van der Waals surface area contributed by atoms with Gasteiger partial charge in [-0.25, -0.2) is 14.5 Å². The van der Waals surface area contributed by atoms with E-state index in [2.05, 4.69) is 32.4 Å². The van der Waals surface area contributed by atoms with E-state index < -0.39 is 36.5 Å². The molecular weight excluding hydrogens is 423 g/mol. The number of ether oxygens (including phenoxy) is 2. The minimum atomic E-state index is -4.70. The van der Waals surface area contributed by atoms with Crippen LogP contribution in [-0.4, -0.2) is 67.9 Å². The number of cyclic esters (lactones) is 1. The van der Waals surface area contributed by atoms with Crippen molar-refractivity contribution in [2.24, 2.45) is 7.05 Å². The molecule has 2 aromatic rings. The molecule has 0 spiro atoms. The molecular formula is C17H18F3N7O4. The fourth-order valence-corrected chi connectivity index (χ4v) is 2.76. The fraction of sp³-hybridized carbons (Fsp3) is 0.412. The number of halogens is 3. The second-order valence-electron chi connectivity index (χ2n) is 6.46. The van der Waals surface area contributed by atoms with Crippen LogP contribution in [0.5, 0.6) is 0 Å². The number of nitrogens with zero attached hydrogens (tertiary/aromatic N) is 6. The molecule has 1 atom stereocenters. The van der Waals surface area contributed by atoms with E-state index >= 15 is 0 Å². The van der Waals surface area contributed by atoms with Crippen LogP contribution in [0.3, 0.4) is 0 Å². The van der Waals surface area contributed by atoms with Gasteiger partial charge in [-0.1, -0.05) is 11.2 Å². The van der Waals surface area contributed by atoms with E-state index in [-0.39, 0.29) is 37.0 Å². The molecule has 1 unspecified atom stereocenters. The molecule has 2 amide bonds. The van der Waals surface area contributed by atoms with Crippen molar-refractivity contribution in [3.8, 4) is 0 Å². The largest absolute Gasteiger partial charge is 0.447 e. The van der Waals surface area contributed by atoms with Crippen molar-refractivity contribution in [1.29, 1.82) is 0 Å². The van der Waals surface area contributed by atoms with Crippen molar-refractivity contribution in [3.05, 3.63) is 41.7 Å². The van der Waals surface area contributed by atoms with Crippen LogP contribution in [0, 0.1) is 0 Å². The topological polar surface area (TPSA) is 124 Å². The van der Waals surface area contributed by atoms with Gasteiger partial charge in [0.05, 0.1) is 30.5 Å². The molecule has 0 saturated carbocycles. The molecule has 1 fully saturated rings. The number of carbonyl (C=O) groups is 2. The quantitative estimate of drug-likeness (QED) is 0.610. The molecule has 166 valence electrons. The van der Waals surface area contributed by atoms with Gasteiger partial charge >= 0.3 is 12.3 Å². The number of carbonyl (C=O) groups excluding carboxylic acids is 2. The number of hydrogen-bond acceptors (Lipinski definition) is 8. The molecule has 31 heavy (non-hydrogen) atoms. The van der Waals surface area contributed by atoms with E-state index in [9.17, 15) is 22.8 Å². The summed E-state index contributed by atoms with van der Waals surface area (Å²) >= 11 is 0. The molecule has 2 aromatic heterocycles. The van der Waals surface area contributed by atoms with Crippen LogP contribution in [0.25, 0.3) is 0 Å². The maximum Gasteiger partial charge on any atom is 0.433 e. The lowest BCUT2D eigenvalue weighted by Gasteiger charge is -2.20. The SMILES string of the molecule is C=CCN1C(=O)OCC1COCc1nc(C(F)(F)F)ccc1C(=O)Nc1nnnn1C. The fourth-order valence-electron chi connectivity index (χ4n) is 2.76.